The Morgan fingerprint density at radius 3 is 2.83 bits per heavy atom. The number of aromatic nitrogens is 2. The van der Waals surface area contributed by atoms with Crippen molar-refractivity contribution in [1.29, 1.82) is 0 Å². The summed E-state index contributed by atoms with van der Waals surface area (Å²) in [7, 11) is 1.79. The van der Waals surface area contributed by atoms with Crippen LogP contribution in [0.25, 0.3) is 10.9 Å². The average Bonchev–Trinajstić information content (AvgIpc) is 3.10. The lowest BCUT2D eigenvalue weighted by molar-refractivity contribution is -0.132. The number of benzene rings is 1. The Morgan fingerprint density at radius 1 is 1.30 bits per heavy atom. The van der Waals surface area contributed by atoms with E-state index in [0.717, 1.165) is 4.88 Å². The van der Waals surface area contributed by atoms with Gasteiger partial charge in [-0.15, -0.1) is 11.3 Å². The minimum atomic E-state index is -0.135. The minimum absolute atomic E-state index is 0.00754. The first-order valence-corrected chi connectivity index (χ1v) is 8.20. The van der Waals surface area contributed by atoms with Gasteiger partial charge in [0.15, 0.2) is 0 Å². The predicted octanol–water partition coefficient (Wildman–Crippen LogP) is 2.68. The molecule has 0 fully saturated rings. The number of carbonyl (C=O) groups is 1. The van der Waals surface area contributed by atoms with E-state index < -0.39 is 0 Å². The highest BCUT2D eigenvalue weighted by Crippen LogP contribution is 2.23. The van der Waals surface area contributed by atoms with Gasteiger partial charge in [0.2, 0.25) is 11.3 Å². The Labute approximate surface area is 137 Å². The van der Waals surface area contributed by atoms with Crippen molar-refractivity contribution in [3.63, 3.8) is 0 Å². The van der Waals surface area contributed by atoms with Gasteiger partial charge < -0.3 is 4.90 Å². The van der Waals surface area contributed by atoms with E-state index in [1.165, 1.54) is 6.20 Å². The number of amides is 1. The van der Waals surface area contributed by atoms with Gasteiger partial charge in [-0.25, -0.2) is 0 Å². The van der Waals surface area contributed by atoms with Crippen molar-refractivity contribution in [3.8, 4) is 0 Å². The normalized spacial score (nSPS) is 12.3. The standard InChI is InChI=1S/C17H17N3O2S/c1-12(16-8-5-9-23-16)19(2)17(22)11-20-14-7-4-3-6-13(14)15(21)10-18-20/h3-10,12H,11H2,1-2H3. The average molecular weight is 327 g/mol. The molecule has 2 heterocycles. The lowest BCUT2D eigenvalue weighted by atomic mass is 10.2. The molecule has 1 amide bonds. The Bertz CT molecular complexity index is 886. The van der Waals surface area contributed by atoms with Crippen LogP contribution in [0.1, 0.15) is 17.8 Å². The van der Waals surface area contributed by atoms with Crippen LogP contribution in [0.4, 0.5) is 0 Å². The summed E-state index contributed by atoms with van der Waals surface area (Å²) in [6, 6.07) is 11.2. The highest BCUT2D eigenvalue weighted by atomic mass is 32.1. The van der Waals surface area contributed by atoms with Crippen molar-refractivity contribution >= 4 is 28.1 Å². The maximum atomic E-state index is 12.6. The van der Waals surface area contributed by atoms with Crippen LogP contribution in [0.3, 0.4) is 0 Å². The number of para-hydroxylation sites is 1. The number of nitrogens with zero attached hydrogens (tertiary/aromatic N) is 3. The lowest BCUT2D eigenvalue weighted by Crippen LogP contribution is -2.33. The van der Waals surface area contributed by atoms with Crippen LogP contribution in [0, 0.1) is 0 Å². The number of thiophene rings is 1. The van der Waals surface area contributed by atoms with Crippen LogP contribution in [0.15, 0.2) is 52.8 Å². The third-order valence-electron chi connectivity index (χ3n) is 3.98. The van der Waals surface area contributed by atoms with E-state index >= 15 is 0 Å². The Hall–Kier alpha value is -2.47. The summed E-state index contributed by atoms with van der Waals surface area (Å²) in [4.78, 5) is 27.3. The number of hydrogen-bond donors (Lipinski definition) is 0. The molecular formula is C17H17N3O2S. The van der Waals surface area contributed by atoms with Gasteiger partial charge in [-0.3, -0.25) is 14.3 Å². The highest BCUT2D eigenvalue weighted by Gasteiger charge is 2.19. The molecule has 23 heavy (non-hydrogen) atoms. The molecule has 3 rings (SSSR count). The molecule has 0 aliphatic heterocycles. The molecule has 5 nitrogen and oxygen atoms in total. The van der Waals surface area contributed by atoms with Gasteiger partial charge in [-0.1, -0.05) is 18.2 Å². The topological polar surface area (TPSA) is 55.2 Å². The van der Waals surface area contributed by atoms with E-state index in [-0.39, 0.29) is 23.9 Å². The Balaban J connectivity index is 1.86. The van der Waals surface area contributed by atoms with Crippen molar-refractivity contribution in [1.82, 2.24) is 14.7 Å². The van der Waals surface area contributed by atoms with E-state index in [1.54, 1.807) is 46.2 Å². The van der Waals surface area contributed by atoms with Gasteiger partial charge in [-0.05, 0) is 30.5 Å². The molecule has 2 aromatic heterocycles. The first kappa shape index (κ1) is 15.4. The Morgan fingerprint density at radius 2 is 2.09 bits per heavy atom. The van der Waals surface area contributed by atoms with Crippen LogP contribution < -0.4 is 5.43 Å². The zero-order valence-corrected chi connectivity index (χ0v) is 13.8. The third kappa shape index (κ3) is 3.03. The monoisotopic (exact) mass is 327 g/mol. The molecule has 0 spiro atoms. The van der Waals surface area contributed by atoms with Crippen LogP contribution in [-0.4, -0.2) is 27.6 Å². The smallest absolute Gasteiger partial charge is 0.244 e. The first-order chi connectivity index (χ1) is 11.1. The summed E-state index contributed by atoms with van der Waals surface area (Å²) in [5.41, 5.74) is 0.537. The first-order valence-electron chi connectivity index (χ1n) is 7.32. The van der Waals surface area contributed by atoms with Crippen LogP contribution in [0.2, 0.25) is 0 Å². The number of carbonyl (C=O) groups excluding carboxylic acids is 1. The molecule has 1 unspecified atom stereocenters. The van der Waals surface area contributed by atoms with Crippen LogP contribution in [-0.2, 0) is 11.3 Å². The molecule has 0 aliphatic rings. The lowest BCUT2D eigenvalue weighted by Gasteiger charge is -2.24. The van der Waals surface area contributed by atoms with Gasteiger partial charge in [0.25, 0.3) is 0 Å². The fourth-order valence-electron chi connectivity index (χ4n) is 2.46. The summed E-state index contributed by atoms with van der Waals surface area (Å²) in [5.74, 6) is -0.0489. The molecule has 0 N–H and O–H groups in total. The second-order valence-electron chi connectivity index (χ2n) is 5.38. The predicted molar refractivity (Wildman–Crippen MR) is 91.5 cm³/mol. The number of likely N-dealkylation sites (N-methyl/N-ethyl adjacent to an activating group) is 1. The van der Waals surface area contributed by atoms with Crippen molar-refractivity contribution in [2.45, 2.75) is 19.5 Å². The summed E-state index contributed by atoms with van der Waals surface area (Å²) in [5, 5.41) is 6.68. The molecule has 0 saturated carbocycles. The van der Waals surface area contributed by atoms with E-state index in [9.17, 15) is 9.59 Å². The van der Waals surface area contributed by atoms with Gasteiger partial charge in [0.05, 0.1) is 17.8 Å². The van der Waals surface area contributed by atoms with E-state index in [4.69, 9.17) is 0 Å². The molecular weight excluding hydrogens is 310 g/mol. The summed E-state index contributed by atoms with van der Waals surface area (Å²) < 4.78 is 1.58. The highest BCUT2D eigenvalue weighted by molar-refractivity contribution is 7.10. The molecule has 0 aliphatic carbocycles. The van der Waals surface area contributed by atoms with E-state index in [1.807, 2.05) is 30.5 Å². The quantitative estimate of drug-likeness (QED) is 0.740. The largest absolute Gasteiger partial charge is 0.337 e. The molecule has 3 aromatic rings. The molecule has 6 heteroatoms. The zero-order valence-electron chi connectivity index (χ0n) is 13.0. The maximum absolute atomic E-state index is 12.6. The SMILES string of the molecule is CC(c1cccs1)N(C)C(=O)Cn1ncc(=O)c2ccccc21. The molecule has 1 atom stereocenters. The van der Waals surface area contributed by atoms with Crippen molar-refractivity contribution in [3.05, 3.63) is 63.1 Å². The van der Waals surface area contributed by atoms with E-state index in [0.29, 0.717) is 10.9 Å². The van der Waals surface area contributed by atoms with E-state index in [2.05, 4.69) is 5.10 Å². The summed E-state index contributed by atoms with van der Waals surface area (Å²) >= 11 is 1.63. The fourth-order valence-corrected chi connectivity index (χ4v) is 3.29. The molecule has 0 bridgehead atoms. The van der Waals surface area contributed by atoms with Crippen molar-refractivity contribution in [2.75, 3.05) is 7.05 Å². The molecule has 0 saturated heterocycles. The second kappa shape index (κ2) is 6.34. The third-order valence-corrected chi connectivity index (χ3v) is 5.02. The van der Waals surface area contributed by atoms with Gasteiger partial charge in [0, 0.05) is 17.3 Å². The minimum Gasteiger partial charge on any atom is -0.337 e. The summed E-state index contributed by atoms with van der Waals surface area (Å²) in [6.45, 7) is 2.10. The molecule has 0 radical (unpaired) electrons. The second-order valence-corrected chi connectivity index (χ2v) is 6.36. The number of hydrogen-bond acceptors (Lipinski definition) is 4. The van der Waals surface area contributed by atoms with Crippen LogP contribution in [0.5, 0.6) is 0 Å². The van der Waals surface area contributed by atoms with Crippen molar-refractivity contribution in [2.24, 2.45) is 0 Å². The zero-order chi connectivity index (χ0) is 16.4. The molecule has 118 valence electrons. The van der Waals surface area contributed by atoms with Gasteiger partial charge in [-0.2, -0.15) is 5.10 Å². The fraction of sp³-hybridized carbons (Fsp3) is 0.235. The van der Waals surface area contributed by atoms with Gasteiger partial charge >= 0.3 is 0 Å². The maximum Gasteiger partial charge on any atom is 0.244 e. The molecule has 1 aromatic carbocycles. The number of rotatable bonds is 4. The number of fused-ring (bicyclic) bond motifs is 1. The Kier molecular flexibility index (Phi) is 4.25. The van der Waals surface area contributed by atoms with Gasteiger partial charge in [0.1, 0.15) is 6.54 Å². The van der Waals surface area contributed by atoms with Crippen LogP contribution >= 0.6 is 11.3 Å². The van der Waals surface area contributed by atoms with Crippen molar-refractivity contribution < 1.29 is 4.79 Å². The summed E-state index contributed by atoms with van der Waals surface area (Å²) in [6.07, 6.45) is 1.26.